The summed E-state index contributed by atoms with van der Waals surface area (Å²) in [6.07, 6.45) is 1.70. The van der Waals surface area contributed by atoms with Gasteiger partial charge in [-0.1, -0.05) is 6.07 Å². The predicted octanol–water partition coefficient (Wildman–Crippen LogP) is 3.26. The molecule has 0 radical (unpaired) electrons. The Morgan fingerprint density at radius 2 is 2.28 bits per heavy atom. The lowest BCUT2D eigenvalue weighted by molar-refractivity contribution is 0.570. The lowest BCUT2D eigenvalue weighted by Crippen LogP contribution is -2.04. The molecule has 0 aliphatic carbocycles. The summed E-state index contributed by atoms with van der Waals surface area (Å²) < 4.78 is 7.42. The Bertz CT molecular complexity index is 652. The second kappa shape index (κ2) is 4.42. The fraction of sp³-hybridized carbons (Fsp3) is 0.231. The standard InChI is InChI=1S/C13H13N3OS/c1-9-6-10(2)16(15-9)7-11-8-17-13(14-11)12-4-3-5-18-12/h3-6,8H,7H2,1-2H3. The molecule has 0 amide bonds. The molecule has 0 N–H and O–H groups in total. The van der Waals surface area contributed by atoms with Crippen LogP contribution >= 0.6 is 11.3 Å². The van der Waals surface area contributed by atoms with Crippen LogP contribution in [-0.2, 0) is 6.54 Å². The Morgan fingerprint density at radius 1 is 1.39 bits per heavy atom. The molecule has 0 aliphatic rings. The minimum absolute atomic E-state index is 0.647. The monoisotopic (exact) mass is 259 g/mol. The van der Waals surface area contributed by atoms with Crippen molar-refractivity contribution in [2.45, 2.75) is 20.4 Å². The van der Waals surface area contributed by atoms with Gasteiger partial charge in [0.2, 0.25) is 5.89 Å². The van der Waals surface area contributed by atoms with Crippen LogP contribution in [0.15, 0.2) is 34.3 Å². The summed E-state index contributed by atoms with van der Waals surface area (Å²) in [5.41, 5.74) is 3.05. The molecule has 92 valence electrons. The second-order valence-corrected chi connectivity index (χ2v) is 5.15. The fourth-order valence-corrected chi connectivity index (χ4v) is 2.54. The molecule has 0 atom stereocenters. The molecule has 0 bridgehead atoms. The molecule has 3 aromatic heterocycles. The maximum absolute atomic E-state index is 5.49. The number of hydrogen-bond acceptors (Lipinski definition) is 4. The number of aryl methyl sites for hydroxylation is 2. The molecule has 0 saturated carbocycles. The van der Waals surface area contributed by atoms with Gasteiger partial charge in [0, 0.05) is 5.69 Å². The molecule has 3 rings (SSSR count). The van der Waals surface area contributed by atoms with Crippen LogP contribution in [-0.4, -0.2) is 14.8 Å². The fourth-order valence-electron chi connectivity index (χ4n) is 1.88. The third-order valence-electron chi connectivity index (χ3n) is 2.70. The summed E-state index contributed by atoms with van der Waals surface area (Å²) in [6.45, 7) is 4.68. The van der Waals surface area contributed by atoms with E-state index in [2.05, 4.69) is 16.1 Å². The molecule has 0 spiro atoms. The molecular formula is C13H13N3OS. The molecule has 3 heterocycles. The molecule has 0 unspecified atom stereocenters. The minimum atomic E-state index is 0.647. The van der Waals surface area contributed by atoms with Crippen molar-refractivity contribution in [3.63, 3.8) is 0 Å². The van der Waals surface area contributed by atoms with Gasteiger partial charge < -0.3 is 4.42 Å². The van der Waals surface area contributed by atoms with Crippen LogP contribution < -0.4 is 0 Å². The number of oxazole rings is 1. The van der Waals surface area contributed by atoms with Gasteiger partial charge in [-0.25, -0.2) is 4.98 Å². The molecule has 18 heavy (non-hydrogen) atoms. The number of aromatic nitrogens is 3. The lowest BCUT2D eigenvalue weighted by Gasteiger charge is -1.99. The first-order valence-corrected chi connectivity index (χ1v) is 6.59. The molecule has 3 aromatic rings. The second-order valence-electron chi connectivity index (χ2n) is 4.21. The van der Waals surface area contributed by atoms with Crippen molar-refractivity contribution in [1.82, 2.24) is 14.8 Å². The summed E-state index contributed by atoms with van der Waals surface area (Å²) in [4.78, 5) is 5.53. The van der Waals surface area contributed by atoms with Crippen LogP contribution in [0.2, 0.25) is 0 Å². The van der Waals surface area contributed by atoms with E-state index in [1.807, 2.05) is 36.0 Å². The Hall–Kier alpha value is -1.88. The Labute approximate surface area is 109 Å². The minimum Gasteiger partial charge on any atom is -0.443 e. The summed E-state index contributed by atoms with van der Waals surface area (Å²) in [6, 6.07) is 6.05. The van der Waals surface area contributed by atoms with Crippen molar-refractivity contribution < 1.29 is 4.42 Å². The van der Waals surface area contributed by atoms with Crippen molar-refractivity contribution >= 4 is 11.3 Å². The van der Waals surface area contributed by atoms with Crippen LogP contribution in [0.1, 0.15) is 17.1 Å². The molecule has 0 fully saturated rings. The Balaban J connectivity index is 1.84. The zero-order chi connectivity index (χ0) is 12.5. The molecule has 0 aliphatic heterocycles. The summed E-state index contributed by atoms with van der Waals surface area (Å²) in [7, 11) is 0. The van der Waals surface area contributed by atoms with Gasteiger partial charge in [-0.2, -0.15) is 5.10 Å². The van der Waals surface area contributed by atoms with Crippen LogP contribution in [0.5, 0.6) is 0 Å². The van der Waals surface area contributed by atoms with Crippen LogP contribution in [0.3, 0.4) is 0 Å². The van der Waals surface area contributed by atoms with Gasteiger partial charge in [0.05, 0.1) is 17.1 Å². The topological polar surface area (TPSA) is 43.9 Å². The van der Waals surface area contributed by atoms with Gasteiger partial charge in [0.1, 0.15) is 12.0 Å². The number of hydrogen-bond donors (Lipinski definition) is 0. The van der Waals surface area contributed by atoms with E-state index in [1.54, 1.807) is 17.6 Å². The highest BCUT2D eigenvalue weighted by Gasteiger charge is 2.09. The van der Waals surface area contributed by atoms with Crippen molar-refractivity contribution in [3.8, 4) is 10.8 Å². The highest BCUT2D eigenvalue weighted by atomic mass is 32.1. The van der Waals surface area contributed by atoms with Gasteiger partial charge in [-0.05, 0) is 31.4 Å². The predicted molar refractivity (Wildman–Crippen MR) is 70.6 cm³/mol. The van der Waals surface area contributed by atoms with Gasteiger partial charge in [-0.3, -0.25) is 4.68 Å². The first kappa shape index (κ1) is 11.2. The maximum atomic E-state index is 5.49. The smallest absolute Gasteiger partial charge is 0.236 e. The van der Waals surface area contributed by atoms with Crippen molar-refractivity contribution in [3.05, 3.63) is 46.9 Å². The summed E-state index contributed by atoms with van der Waals surface area (Å²) in [5, 5.41) is 6.43. The largest absolute Gasteiger partial charge is 0.443 e. The number of nitrogens with zero attached hydrogens (tertiary/aromatic N) is 3. The molecule has 4 nitrogen and oxygen atoms in total. The van der Waals surface area contributed by atoms with E-state index in [9.17, 15) is 0 Å². The summed E-state index contributed by atoms with van der Waals surface area (Å²) >= 11 is 1.62. The van der Waals surface area contributed by atoms with Crippen molar-refractivity contribution in [2.75, 3.05) is 0 Å². The van der Waals surface area contributed by atoms with Gasteiger partial charge in [0.15, 0.2) is 0 Å². The van der Waals surface area contributed by atoms with E-state index in [4.69, 9.17) is 4.42 Å². The first-order valence-electron chi connectivity index (χ1n) is 5.72. The summed E-state index contributed by atoms with van der Waals surface area (Å²) in [5.74, 6) is 0.682. The molecular weight excluding hydrogens is 246 g/mol. The van der Waals surface area contributed by atoms with Crippen LogP contribution in [0.25, 0.3) is 10.8 Å². The molecule has 5 heteroatoms. The number of rotatable bonds is 3. The average molecular weight is 259 g/mol. The van der Waals surface area contributed by atoms with Crippen LogP contribution in [0.4, 0.5) is 0 Å². The Kier molecular flexibility index (Phi) is 2.76. The normalized spacial score (nSPS) is 11.0. The van der Waals surface area contributed by atoms with E-state index in [1.165, 1.54) is 0 Å². The SMILES string of the molecule is Cc1cc(C)n(Cc2coc(-c3cccs3)n2)n1. The van der Waals surface area contributed by atoms with Gasteiger partial charge in [0.25, 0.3) is 0 Å². The van der Waals surface area contributed by atoms with Gasteiger partial charge in [-0.15, -0.1) is 11.3 Å². The van der Waals surface area contributed by atoms with E-state index in [-0.39, 0.29) is 0 Å². The highest BCUT2D eigenvalue weighted by Crippen LogP contribution is 2.23. The zero-order valence-electron chi connectivity index (χ0n) is 10.3. The van der Waals surface area contributed by atoms with Crippen molar-refractivity contribution in [2.24, 2.45) is 0 Å². The van der Waals surface area contributed by atoms with E-state index in [0.717, 1.165) is 22.0 Å². The highest BCUT2D eigenvalue weighted by molar-refractivity contribution is 7.13. The first-order chi connectivity index (χ1) is 8.72. The average Bonchev–Trinajstić information content (AvgIpc) is 3.02. The maximum Gasteiger partial charge on any atom is 0.236 e. The third-order valence-corrected chi connectivity index (χ3v) is 3.56. The third kappa shape index (κ3) is 2.09. The molecule has 0 aromatic carbocycles. The van der Waals surface area contributed by atoms with Crippen LogP contribution in [0, 0.1) is 13.8 Å². The quantitative estimate of drug-likeness (QED) is 0.725. The Morgan fingerprint density at radius 3 is 2.94 bits per heavy atom. The van der Waals surface area contributed by atoms with Gasteiger partial charge >= 0.3 is 0 Å². The van der Waals surface area contributed by atoms with E-state index in [0.29, 0.717) is 12.4 Å². The zero-order valence-corrected chi connectivity index (χ0v) is 11.1. The van der Waals surface area contributed by atoms with Crippen molar-refractivity contribution in [1.29, 1.82) is 0 Å². The molecule has 0 saturated heterocycles. The van der Waals surface area contributed by atoms with E-state index < -0.39 is 0 Å². The van der Waals surface area contributed by atoms with E-state index >= 15 is 0 Å². The number of thiophene rings is 1. The lowest BCUT2D eigenvalue weighted by atomic mass is 10.4.